The quantitative estimate of drug-likeness (QED) is 0.369. The first-order valence-electron chi connectivity index (χ1n) is 9.88. The molecule has 2 aromatic rings. The van der Waals surface area contributed by atoms with Gasteiger partial charge in [0.1, 0.15) is 11.9 Å². The number of rotatable bonds is 7. The fourth-order valence-corrected chi connectivity index (χ4v) is 3.32. The van der Waals surface area contributed by atoms with Crippen molar-refractivity contribution in [3.63, 3.8) is 0 Å². The van der Waals surface area contributed by atoms with Gasteiger partial charge in [-0.05, 0) is 67.0 Å². The first-order valence-corrected chi connectivity index (χ1v) is 9.88. The van der Waals surface area contributed by atoms with Crippen LogP contribution in [-0.2, 0) is 14.3 Å². The topological polar surface area (TPSA) is 61.8 Å². The van der Waals surface area contributed by atoms with E-state index in [4.69, 9.17) is 14.2 Å². The molecule has 0 atom stereocenters. The molecule has 0 amide bonds. The molecule has 0 aromatic heterocycles. The maximum Gasteiger partial charge on any atom is 0.338 e. The van der Waals surface area contributed by atoms with Crippen molar-refractivity contribution in [1.82, 2.24) is 0 Å². The molecule has 0 radical (unpaired) electrons. The van der Waals surface area contributed by atoms with E-state index < -0.39 is 5.97 Å². The molecule has 1 aliphatic rings. The average molecular weight is 394 g/mol. The first kappa shape index (κ1) is 20.6. The summed E-state index contributed by atoms with van der Waals surface area (Å²) in [5.41, 5.74) is 2.54. The summed E-state index contributed by atoms with van der Waals surface area (Å²) in [5.74, 6) is 0.531. The summed E-state index contributed by atoms with van der Waals surface area (Å²) in [6, 6.07) is 14.8. The van der Waals surface area contributed by atoms with Crippen LogP contribution in [0.4, 0.5) is 0 Å². The Bertz CT molecular complexity index is 831. The van der Waals surface area contributed by atoms with Gasteiger partial charge in [0.2, 0.25) is 6.79 Å². The summed E-state index contributed by atoms with van der Waals surface area (Å²) in [5, 5.41) is 0. The molecule has 152 valence electrons. The Labute approximate surface area is 171 Å². The van der Waals surface area contributed by atoms with Crippen molar-refractivity contribution in [3.05, 3.63) is 66.7 Å². The molecule has 5 nitrogen and oxygen atoms in total. The van der Waals surface area contributed by atoms with Gasteiger partial charge in [0.15, 0.2) is 0 Å². The van der Waals surface area contributed by atoms with Gasteiger partial charge in [-0.15, -0.1) is 0 Å². The number of hydrogen-bond donors (Lipinski definition) is 0. The van der Waals surface area contributed by atoms with Gasteiger partial charge >= 0.3 is 11.9 Å². The van der Waals surface area contributed by atoms with Crippen molar-refractivity contribution in [2.24, 2.45) is 5.92 Å². The Morgan fingerprint density at radius 3 is 2.14 bits per heavy atom. The highest BCUT2D eigenvalue weighted by atomic mass is 16.7. The molecule has 1 aliphatic carbocycles. The number of ether oxygens (including phenoxy) is 3. The van der Waals surface area contributed by atoms with Gasteiger partial charge in [-0.25, -0.2) is 9.59 Å². The minimum absolute atomic E-state index is 0.0386. The summed E-state index contributed by atoms with van der Waals surface area (Å²) in [4.78, 5) is 23.4. The monoisotopic (exact) mass is 394 g/mol. The van der Waals surface area contributed by atoms with Crippen molar-refractivity contribution < 1.29 is 23.8 Å². The van der Waals surface area contributed by atoms with Crippen LogP contribution in [0.1, 0.15) is 43.0 Å². The zero-order chi connectivity index (χ0) is 20.6. The summed E-state index contributed by atoms with van der Waals surface area (Å²) in [7, 11) is 0. The summed E-state index contributed by atoms with van der Waals surface area (Å²) in [6.45, 7) is 5.40. The highest BCUT2D eigenvalue weighted by Crippen LogP contribution is 2.27. The maximum absolute atomic E-state index is 12.4. The Kier molecular flexibility index (Phi) is 7.06. The van der Waals surface area contributed by atoms with E-state index in [0.29, 0.717) is 11.3 Å². The Balaban J connectivity index is 1.54. The van der Waals surface area contributed by atoms with Crippen LogP contribution in [0, 0.1) is 5.92 Å². The minimum atomic E-state index is -0.529. The van der Waals surface area contributed by atoms with E-state index in [1.54, 1.807) is 24.3 Å². The van der Waals surface area contributed by atoms with Crippen molar-refractivity contribution >= 4 is 11.9 Å². The molecule has 0 aliphatic heterocycles. The standard InChI is InChI=1S/C24H26O5/c1-3-23(25)28-16-27-21-14-10-19(11-15-21)18-6-8-20(9-7-18)24(26)29-22-12-4-17(2)5-13-22/h3,6-11,14-15,17,22H,1,4-5,12-13,16H2,2H3. The third-order valence-corrected chi connectivity index (χ3v) is 5.14. The molecule has 29 heavy (non-hydrogen) atoms. The molecule has 0 bridgehead atoms. The van der Waals surface area contributed by atoms with Crippen LogP contribution in [0.5, 0.6) is 5.75 Å². The van der Waals surface area contributed by atoms with Crippen molar-refractivity contribution in [2.75, 3.05) is 6.79 Å². The van der Waals surface area contributed by atoms with Gasteiger partial charge in [-0.1, -0.05) is 37.8 Å². The molecule has 0 N–H and O–H groups in total. The van der Waals surface area contributed by atoms with Crippen LogP contribution in [-0.4, -0.2) is 24.8 Å². The molecule has 0 saturated heterocycles. The van der Waals surface area contributed by atoms with E-state index in [1.807, 2.05) is 24.3 Å². The Morgan fingerprint density at radius 2 is 1.55 bits per heavy atom. The fraction of sp³-hybridized carbons (Fsp3) is 0.333. The summed E-state index contributed by atoms with van der Waals surface area (Å²) >= 11 is 0. The molecule has 2 aromatic carbocycles. The van der Waals surface area contributed by atoms with Crippen molar-refractivity contribution in [3.8, 4) is 16.9 Å². The molecule has 5 heteroatoms. The van der Waals surface area contributed by atoms with Crippen LogP contribution in [0.15, 0.2) is 61.2 Å². The lowest BCUT2D eigenvalue weighted by atomic mass is 9.89. The molecule has 0 heterocycles. The molecule has 3 rings (SSSR count). The van der Waals surface area contributed by atoms with Gasteiger partial charge in [-0.3, -0.25) is 0 Å². The maximum atomic E-state index is 12.4. The molecule has 1 saturated carbocycles. The van der Waals surface area contributed by atoms with Gasteiger partial charge in [0.25, 0.3) is 0 Å². The highest BCUT2D eigenvalue weighted by Gasteiger charge is 2.22. The van der Waals surface area contributed by atoms with E-state index >= 15 is 0 Å². The lowest BCUT2D eigenvalue weighted by molar-refractivity contribution is -0.144. The van der Waals surface area contributed by atoms with Crippen LogP contribution >= 0.6 is 0 Å². The SMILES string of the molecule is C=CC(=O)OCOc1ccc(-c2ccc(C(=O)OC3CCC(C)CC3)cc2)cc1. The van der Waals surface area contributed by atoms with Crippen LogP contribution < -0.4 is 4.74 Å². The van der Waals surface area contributed by atoms with Gasteiger partial charge in [-0.2, -0.15) is 0 Å². The van der Waals surface area contributed by atoms with Gasteiger partial charge in [0.05, 0.1) is 5.56 Å². The zero-order valence-electron chi connectivity index (χ0n) is 16.6. The normalized spacial score (nSPS) is 18.5. The average Bonchev–Trinajstić information content (AvgIpc) is 2.76. The van der Waals surface area contributed by atoms with E-state index in [9.17, 15) is 9.59 Å². The Morgan fingerprint density at radius 1 is 0.966 bits per heavy atom. The number of hydrogen-bond acceptors (Lipinski definition) is 5. The number of carbonyl (C=O) groups excluding carboxylic acids is 2. The summed E-state index contributed by atoms with van der Waals surface area (Å²) < 4.78 is 15.8. The number of benzene rings is 2. The molecule has 1 fully saturated rings. The summed E-state index contributed by atoms with van der Waals surface area (Å²) in [6.07, 6.45) is 5.26. The third-order valence-electron chi connectivity index (χ3n) is 5.14. The number of carbonyl (C=O) groups is 2. The van der Waals surface area contributed by atoms with Crippen LogP contribution in [0.3, 0.4) is 0 Å². The Hall–Kier alpha value is -3.08. The van der Waals surface area contributed by atoms with E-state index in [-0.39, 0.29) is 18.9 Å². The molecular weight excluding hydrogens is 368 g/mol. The second-order valence-corrected chi connectivity index (χ2v) is 7.32. The molecule has 0 unspecified atom stereocenters. The van der Waals surface area contributed by atoms with Gasteiger partial charge < -0.3 is 14.2 Å². The molecular formula is C24H26O5. The fourth-order valence-electron chi connectivity index (χ4n) is 3.32. The van der Waals surface area contributed by atoms with Crippen LogP contribution in [0.2, 0.25) is 0 Å². The molecule has 0 spiro atoms. The predicted molar refractivity (Wildman–Crippen MR) is 110 cm³/mol. The lowest BCUT2D eigenvalue weighted by Crippen LogP contribution is -2.23. The first-order chi connectivity index (χ1) is 14.0. The van der Waals surface area contributed by atoms with Gasteiger partial charge in [0, 0.05) is 6.08 Å². The highest BCUT2D eigenvalue weighted by molar-refractivity contribution is 5.90. The van der Waals surface area contributed by atoms with Crippen LogP contribution in [0.25, 0.3) is 11.1 Å². The second-order valence-electron chi connectivity index (χ2n) is 7.32. The smallest absolute Gasteiger partial charge is 0.338 e. The largest absolute Gasteiger partial charge is 0.459 e. The van der Waals surface area contributed by atoms with E-state index in [2.05, 4.69) is 13.5 Å². The third kappa shape index (κ3) is 5.95. The lowest BCUT2D eigenvalue weighted by Gasteiger charge is -2.26. The van der Waals surface area contributed by atoms with E-state index in [1.165, 1.54) is 0 Å². The van der Waals surface area contributed by atoms with Crippen molar-refractivity contribution in [1.29, 1.82) is 0 Å². The number of esters is 2. The predicted octanol–water partition coefficient (Wildman–Crippen LogP) is 5.15. The minimum Gasteiger partial charge on any atom is -0.459 e. The van der Waals surface area contributed by atoms with Crippen molar-refractivity contribution in [2.45, 2.75) is 38.7 Å². The zero-order valence-corrected chi connectivity index (χ0v) is 16.6. The second kappa shape index (κ2) is 9.92. The van der Waals surface area contributed by atoms with E-state index in [0.717, 1.165) is 48.8 Å².